The molecule has 1 aromatic rings. The molecular weight excluding hydrogens is 316 g/mol. The summed E-state index contributed by atoms with van der Waals surface area (Å²) in [4.78, 5) is 26.7. The number of amides is 2. The molecule has 1 unspecified atom stereocenters. The van der Waals surface area contributed by atoms with Crippen molar-refractivity contribution in [3.8, 4) is 0 Å². The summed E-state index contributed by atoms with van der Waals surface area (Å²) in [6, 6.07) is 5.37. The van der Waals surface area contributed by atoms with Gasteiger partial charge < -0.3 is 21.3 Å². The maximum Gasteiger partial charge on any atom is 0.250 e. The molecule has 136 valence electrons. The fourth-order valence-electron chi connectivity index (χ4n) is 3.73. The van der Waals surface area contributed by atoms with Gasteiger partial charge in [-0.15, -0.1) is 0 Å². The number of hydrogen-bond acceptors (Lipinski definition) is 4. The second-order valence-corrected chi connectivity index (χ2v) is 7.31. The van der Waals surface area contributed by atoms with E-state index < -0.39 is 11.4 Å². The molecule has 2 aliphatic heterocycles. The van der Waals surface area contributed by atoms with Gasteiger partial charge in [0, 0.05) is 18.8 Å². The van der Waals surface area contributed by atoms with Crippen LogP contribution in [0.5, 0.6) is 0 Å². The number of benzene rings is 1. The van der Waals surface area contributed by atoms with Gasteiger partial charge in [-0.05, 0) is 70.2 Å². The van der Waals surface area contributed by atoms with Gasteiger partial charge in [0.05, 0.1) is 16.8 Å². The quantitative estimate of drug-likeness (QED) is 0.782. The largest absolute Gasteiger partial charge is 0.371 e. The van der Waals surface area contributed by atoms with Crippen molar-refractivity contribution >= 4 is 23.2 Å². The van der Waals surface area contributed by atoms with Crippen LogP contribution in [-0.2, 0) is 4.79 Å². The van der Waals surface area contributed by atoms with Crippen molar-refractivity contribution in [3.05, 3.63) is 23.8 Å². The van der Waals surface area contributed by atoms with Crippen LogP contribution in [0.2, 0.25) is 0 Å². The monoisotopic (exact) mass is 344 g/mol. The highest BCUT2D eigenvalue weighted by Crippen LogP contribution is 2.28. The van der Waals surface area contributed by atoms with E-state index in [2.05, 4.69) is 15.5 Å². The Morgan fingerprint density at radius 1 is 1.16 bits per heavy atom. The summed E-state index contributed by atoms with van der Waals surface area (Å²) in [6.07, 6.45) is 6.42. The van der Waals surface area contributed by atoms with Gasteiger partial charge in [0.15, 0.2) is 0 Å². The Bertz CT molecular complexity index is 647. The Balaban J connectivity index is 1.82. The Morgan fingerprint density at radius 2 is 1.92 bits per heavy atom. The van der Waals surface area contributed by atoms with Gasteiger partial charge in [0.1, 0.15) is 0 Å². The summed E-state index contributed by atoms with van der Waals surface area (Å²) in [5.41, 5.74) is 7.07. The van der Waals surface area contributed by atoms with E-state index in [4.69, 9.17) is 5.73 Å². The van der Waals surface area contributed by atoms with Crippen molar-refractivity contribution in [1.82, 2.24) is 5.32 Å². The number of piperidine rings is 2. The minimum absolute atomic E-state index is 0.0244. The van der Waals surface area contributed by atoms with E-state index in [1.807, 2.05) is 13.0 Å². The van der Waals surface area contributed by atoms with Crippen LogP contribution >= 0.6 is 0 Å². The molecule has 0 radical (unpaired) electrons. The predicted octanol–water partition coefficient (Wildman–Crippen LogP) is 2.25. The Kier molecular flexibility index (Phi) is 5.27. The normalized spacial score (nSPS) is 24.0. The zero-order valence-corrected chi connectivity index (χ0v) is 14.9. The summed E-state index contributed by atoms with van der Waals surface area (Å²) in [6.45, 7) is 4.64. The van der Waals surface area contributed by atoms with E-state index in [9.17, 15) is 9.59 Å². The first-order valence-corrected chi connectivity index (χ1v) is 9.25. The lowest BCUT2D eigenvalue weighted by Crippen LogP contribution is -2.54. The van der Waals surface area contributed by atoms with Crippen molar-refractivity contribution in [2.45, 2.75) is 51.0 Å². The summed E-state index contributed by atoms with van der Waals surface area (Å²) >= 11 is 0. The first-order chi connectivity index (χ1) is 12.0. The number of carbonyl (C=O) groups is 2. The average molecular weight is 344 g/mol. The minimum atomic E-state index is -0.536. The smallest absolute Gasteiger partial charge is 0.250 e. The van der Waals surface area contributed by atoms with Crippen LogP contribution in [-0.4, -0.2) is 37.0 Å². The summed E-state index contributed by atoms with van der Waals surface area (Å²) in [5, 5.41) is 6.34. The third kappa shape index (κ3) is 3.95. The maximum atomic E-state index is 12.7. The molecule has 3 rings (SSSR count). The van der Waals surface area contributed by atoms with Crippen molar-refractivity contribution in [3.63, 3.8) is 0 Å². The Labute approximate surface area is 149 Å². The molecule has 6 heteroatoms. The van der Waals surface area contributed by atoms with E-state index in [0.717, 1.165) is 57.4 Å². The number of primary amides is 1. The maximum absolute atomic E-state index is 12.7. The van der Waals surface area contributed by atoms with Gasteiger partial charge in [-0.2, -0.15) is 0 Å². The molecule has 2 saturated heterocycles. The molecule has 2 amide bonds. The standard InChI is InChI=1S/C19H28N4O2/c1-19(9-3-4-10-21-19)18(25)22-14-7-8-15(17(20)24)16(13-14)23-11-5-2-6-12-23/h7-8,13,21H,2-6,9-12H2,1H3,(H2,20,24)(H,22,25). The lowest BCUT2D eigenvalue weighted by molar-refractivity contribution is -0.122. The van der Waals surface area contributed by atoms with Crippen LogP contribution in [0, 0.1) is 0 Å². The van der Waals surface area contributed by atoms with Gasteiger partial charge in [-0.3, -0.25) is 9.59 Å². The Hall–Kier alpha value is -2.08. The first kappa shape index (κ1) is 17.7. The molecule has 25 heavy (non-hydrogen) atoms. The second-order valence-electron chi connectivity index (χ2n) is 7.31. The lowest BCUT2D eigenvalue weighted by atomic mass is 9.90. The number of nitrogens with one attached hydrogen (secondary N) is 2. The molecule has 1 aromatic carbocycles. The van der Waals surface area contributed by atoms with Crippen LogP contribution in [0.25, 0.3) is 0 Å². The van der Waals surface area contributed by atoms with E-state index in [-0.39, 0.29) is 5.91 Å². The van der Waals surface area contributed by atoms with E-state index in [1.54, 1.807) is 12.1 Å². The highest BCUT2D eigenvalue weighted by Gasteiger charge is 2.34. The molecule has 2 heterocycles. The van der Waals surface area contributed by atoms with Crippen LogP contribution < -0.4 is 21.3 Å². The summed E-state index contributed by atoms with van der Waals surface area (Å²) in [5.74, 6) is -0.456. The average Bonchev–Trinajstić information content (AvgIpc) is 2.63. The van der Waals surface area contributed by atoms with E-state index in [1.165, 1.54) is 6.42 Å². The van der Waals surface area contributed by atoms with E-state index >= 15 is 0 Å². The van der Waals surface area contributed by atoms with Crippen LogP contribution in [0.3, 0.4) is 0 Å². The molecule has 6 nitrogen and oxygen atoms in total. The fraction of sp³-hybridized carbons (Fsp3) is 0.579. The summed E-state index contributed by atoms with van der Waals surface area (Å²) < 4.78 is 0. The summed E-state index contributed by atoms with van der Waals surface area (Å²) in [7, 11) is 0. The first-order valence-electron chi connectivity index (χ1n) is 9.25. The number of nitrogens with two attached hydrogens (primary N) is 1. The molecule has 0 saturated carbocycles. The SMILES string of the molecule is CC1(C(=O)Nc2ccc(C(N)=O)c(N3CCCCC3)c2)CCCCN1. The third-order valence-corrected chi connectivity index (χ3v) is 5.34. The molecule has 1 atom stereocenters. The van der Waals surface area contributed by atoms with Crippen molar-refractivity contribution < 1.29 is 9.59 Å². The predicted molar refractivity (Wildman–Crippen MR) is 99.9 cm³/mol. The highest BCUT2D eigenvalue weighted by molar-refractivity contribution is 6.02. The van der Waals surface area contributed by atoms with E-state index in [0.29, 0.717) is 11.3 Å². The van der Waals surface area contributed by atoms with Crippen molar-refractivity contribution in [2.75, 3.05) is 29.9 Å². The second kappa shape index (κ2) is 7.44. The lowest BCUT2D eigenvalue weighted by Gasteiger charge is -2.34. The van der Waals surface area contributed by atoms with Gasteiger partial charge in [-0.25, -0.2) is 0 Å². The molecule has 0 spiro atoms. The molecule has 0 bridgehead atoms. The number of hydrogen-bond donors (Lipinski definition) is 3. The topological polar surface area (TPSA) is 87.5 Å². The fourth-order valence-corrected chi connectivity index (χ4v) is 3.73. The van der Waals surface area contributed by atoms with Gasteiger partial charge >= 0.3 is 0 Å². The van der Waals surface area contributed by atoms with Gasteiger partial charge in [0.2, 0.25) is 5.91 Å². The number of rotatable bonds is 4. The van der Waals surface area contributed by atoms with Crippen molar-refractivity contribution in [1.29, 1.82) is 0 Å². The van der Waals surface area contributed by atoms with Gasteiger partial charge in [-0.1, -0.05) is 0 Å². The molecular formula is C19H28N4O2. The molecule has 2 aliphatic rings. The van der Waals surface area contributed by atoms with Crippen LogP contribution in [0.15, 0.2) is 18.2 Å². The number of nitrogens with zero attached hydrogens (tertiary/aromatic N) is 1. The van der Waals surface area contributed by atoms with Crippen LogP contribution in [0.4, 0.5) is 11.4 Å². The molecule has 0 aliphatic carbocycles. The van der Waals surface area contributed by atoms with Crippen molar-refractivity contribution in [2.24, 2.45) is 5.73 Å². The van der Waals surface area contributed by atoms with Crippen LogP contribution in [0.1, 0.15) is 55.8 Å². The zero-order chi connectivity index (χ0) is 17.9. The third-order valence-electron chi connectivity index (χ3n) is 5.34. The Morgan fingerprint density at radius 3 is 2.56 bits per heavy atom. The molecule has 0 aromatic heterocycles. The zero-order valence-electron chi connectivity index (χ0n) is 14.9. The highest BCUT2D eigenvalue weighted by atomic mass is 16.2. The molecule has 4 N–H and O–H groups in total. The molecule has 2 fully saturated rings. The number of carbonyl (C=O) groups excluding carboxylic acids is 2. The van der Waals surface area contributed by atoms with Gasteiger partial charge in [0.25, 0.3) is 5.91 Å². The minimum Gasteiger partial charge on any atom is -0.371 e. The number of anilines is 2.